The number of fused-ring (bicyclic) bond motifs is 3. The molecule has 1 aliphatic heterocycles. The van der Waals surface area contributed by atoms with E-state index in [4.69, 9.17) is 4.74 Å². The number of H-pyrrole nitrogens is 1. The van der Waals surface area contributed by atoms with Gasteiger partial charge in [0.25, 0.3) is 11.5 Å². The second-order valence-electron chi connectivity index (χ2n) is 6.95. The van der Waals surface area contributed by atoms with Gasteiger partial charge in [0.1, 0.15) is 0 Å². The van der Waals surface area contributed by atoms with Gasteiger partial charge in [-0.25, -0.2) is 8.78 Å². The Bertz CT molecular complexity index is 1150. The Labute approximate surface area is 164 Å². The van der Waals surface area contributed by atoms with Crippen molar-refractivity contribution < 1.29 is 23.4 Å². The lowest BCUT2D eigenvalue weighted by molar-refractivity contribution is -0.143. The zero-order valence-electron chi connectivity index (χ0n) is 15.5. The predicted molar refractivity (Wildman–Crippen MR) is 101 cm³/mol. The minimum absolute atomic E-state index is 0.0148. The molecule has 2 aromatic carbocycles. The monoisotopic (exact) mass is 400 g/mol. The number of aliphatic hydroxyl groups is 1. The van der Waals surface area contributed by atoms with Crippen molar-refractivity contribution in [3.8, 4) is 0 Å². The Morgan fingerprint density at radius 3 is 2.55 bits per heavy atom. The number of aromatic nitrogens is 1. The van der Waals surface area contributed by atoms with Crippen LogP contribution in [0, 0.1) is 11.6 Å². The Balaban J connectivity index is 1.80. The van der Waals surface area contributed by atoms with Gasteiger partial charge in [0, 0.05) is 18.3 Å². The van der Waals surface area contributed by atoms with Gasteiger partial charge in [-0.05, 0) is 23.1 Å². The molecule has 1 amide bonds. The molecule has 0 bridgehead atoms. The molecule has 2 heterocycles. The van der Waals surface area contributed by atoms with Crippen molar-refractivity contribution in [3.63, 3.8) is 0 Å². The fourth-order valence-corrected chi connectivity index (χ4v) is 3.67. The number of halogens is 2. The van der Waals surface area contributed by atoms with E-state index in [1.165, 1.54) is 11.9 Å². The van der Waals surface area contributed by atoms with Gasteiger partial charge in [-0.15, -0.1) is 0 Å². The number of hydrogen-bond donors (Lipinski definition) is 2. The van der Waals surface area contributed by atoms with Gasteiger partial charge < -0.3 is 19.7 Å². The summed E-state index contributed by atoms with van der Waals surface area (Å²) >= 11 is 0. The first-order valence-corrected chi connectivity index (χ1v) is 8.99. The number of aliphatic hydroxyl groups excluding tert-OH is 1. The molecule has 29 heavy (non-hydrogen) atoms. The molecule has 1 aliphatic rings. The number of likely N-dealkylation sites (N-methyl/N-ethyl adjacent to an activating group) is 1. The number of ether oxygens (including phenoxy) is 1. The summed E-state index contributed by atoms with van der Waals surface area (Å²) in [6, 6.07) is 9.56. The highest BCUT2D eigenvalue weighted by Crippen LogP contribution is 2.34. The maximum atomic E-state index is 13.9. The van der Waals surface area contributed by atoms with Crippen LogP contribution in [0.5, 0.6) is 0 Å². The number of nitrogens with zero attached hydrogens (tertiary/aromatic N) is 1. The fraction of sp³-hybridized carbons (Fsp3) is 0.238. The molecule has 6 nitrogen and oxygen atoms in total. The molecular weight excluding hydrogens is 382 g/mol. The molecule has 0 spiro atoms. The van der Waals surface area contributed by atoms with Crippen LogP contribution in [-0.4, -0.2) is 34.6 Å². The second kappa shape index (κ2) is 7.38. The van der Waals surface area contributed by atoms with E-state index in [1.807, 2.05) is 0 Å². The van der Waals surface area contributed by atoms with E-state index < -0.39 is 35.2 Å². The molecule has 0 unspecified atom stereocenters. The van der Waals surface area contributed by atoms with Crippen LogP contribution < -0.4 is 5.56 Å². The Kier molecular flexibility index (Phi) is 4.89. The molecular formula is C21H18F2N2O4. The highest BCUT2D eigenvalue weighted by atomic mass is 19.2. The summed E-state index contributed by atoms with van der Waals surface area (Å²) in [6.07, 6.45) is -1.39. The quantitative estimate of drug-likeness (QED) is 0.708. The summed E-state index contributed by atoms with van der Waals surface area (Å²) in [5.74, 6) is -2.80. The molecule has 8 heteroatoms. The van der Waals surface area contributed by atoms with Crippen molar-refractivity contribution in [1.82, 2.24) is 9.88 Å². The van der Waals surface area contributed by atoms with E-state index in [0.717, 1.165) is 12.1 Å². The van der Waals surface area contributed by atoms with Crippen molar-refractivity contribution in [2.75, 3.05) is 13.7 Å². The number of carbonyl (C=O) groups is 1. The van der Waals surface area contributed by atoms with Crippen molar-refractivity contribution in [1.29, 1.82) is 0 Å². The molecule has 0 aliphatic carbocycles. The van der Waals surface area contributed by atoms with Crippen LogP contribution in [0.2, 0.25) is 0 Å². The average molecular weight is 400 g/mol. The minimum Gasteiger partial charge on any atom is -0.378 e. The highest BCUT2D eigenvalue weighted by molar-refractivity contribution is 5.88. The van der Waals surface area contributed by atoms with Gasteiger partial charge in [-0.3, -0.25) is 9.59 Å². The van der Waals surface area contributed by atoms with E-state index >= 15 is 0 Å². The van der Waals surface area contributed by atoms with Gasteiger partial charge in [0.2, 0.25) is 0 Å². The van der Waals surface area contributed by atoms with E-state index in [0.29, 0.717) is 16.8 Å². The number of aromatic amines is 1. The van der Waals surface area contributed by atoms with Crippen LogP contribution in [0.25, 0.3) is 10.8 Å². The number of hydrogen-bond acceptors (Lipinski definition) is 4. The topological polar surface area (TPSA) is 82.6 Å². The number of carbonyl (C=O) groups excluding carboxylic acids is 1. The van der Waals surface area contributed by atoms with Crippen LogP contribution in [0.3, 0.4) is 0 Å². The third-order valence-corrected chi connectivity index (χ3v) is 5.20. The summed E-state index contributed by atoms with van der Waals surface area (Å²) in [4.78, 5) is 29.1. The minimum atomic E-state index is -1.39. The zero-order valence-corrected chi connectivity index (χ0v) is 15.5. The normalized spacial score (nSPS) is 17.0. The molecule has 1 aromatic heterocycles. The van der Waals surface area contributed by atoms with Gasteiger partial charge >= 0.3 is 0 Å². The van der Waals surface area contributed by atoms with Crippen LogP contribution in [0.4, 0.5) is 8.78 Å². The first-order chi connectivity index (χ1) is 13.9. The molecule has 4 rings (SSSR count). The summed E-state index contributed by atoms with van der Waals surface area (Å²) in [5.41, 5.74) is 0.723. The summed E-state index contributed by atoms with van der Waals surface area (Å²) in [6.45, 7) is 0.149. The van der Waals surface area contributed by atoms with E-state index in [1.54, 1.807) is 30.3 Å². The van der Waals surface area contributed by atoms with E-state index in [9.17, 15) is 23.5 Å². The summed E-state index contributed by atoms with van der Waals surface area (Å²) < 4.78 is 33.1. The van der Waals surface area contributed by atoms with Crippen LogP contribution in [0.15, 0.2) is 47.3 Å². The number of rotatable bonds is 3. The lowest BCUT2D eigenvalue weighted by atomic mass is 9.95. The van der Waals surface area contributed by atoms with Gasteiger partial charge in [-0.1, -0.05) is 30.3 Å². The molecule has 2 atom stereocenters. The molecule has 0 radical (unpaired) electrons. The van der Waals surface area contributed by atoms with E-state index in [-0.39, 0.29) is 24.0 Å². The second-order valence-corrected chi connectivity index (χ2v) is 6.95. The summed E-state index contributed by atoms with van der Waals surface area (Å²) in [7, 11) is 1.49. The maximum Gasteiger partial charge on any atom is 0.256 e. The SMILES string of the molecule is CN(C(=O)[C@@H](O)c1ccccc1)[C@H]1COCc2[nH]c(=O)c3cc(F)c(F)cc3c21. The Hall–Kier alpha value is -3.10. The van der Waals surface area contributed by atoms with E-state index in [2.05, 4.69) is 4.98 Å². The molecule has 150 valence electrons. The smallest absolute Gasteiger partial charge is 0.256 e. The first-order valence-electron chi connectivity index (χ1n) is 8.99. The van der Waals surface area contributed by atoms with Crippen molar-refractivity contribution in [3.05, 3.63) is 81.3 Å². The van der Waals surface area contributed by atoms with Crippen LogP contribution >= 0.6 is 0 Å². The largest absolute Gasteiger partial charge is 0.378 e. The van der Waals surface area contributed by atoms with Gasteiger partial charge in [0.05, 0.1) is 24.6 Å². The number of pyridine rings is 1. The standard InChI is InChI=1S/C21H18F2N2O4/c1-25(21(28)19(26)11-5-3-2-4-6-11)17-10-29-9-16-18(17)12-7-14(22)15(23)8-13(12)20(27)24-16/h2-8,17,19,26H,9-10H2,1H3,(H,24,27)/t17-,19-/m0/s1. The predicted octanol–water partition coefficient (Wildman–Crippen LogP) is 2.57. The Morgan fingerprint density at radius 2 is 1.86 bits per heavy atom. The highest BCUT2D eigenvalue weighted by Gasteiger charge is 2.33. The number of nitrogens with one attached hydrogen (secondary N) is 1. The third-order valence-electron chi connectivity index (χ3n) is 5.20. The lowest BCUT2D eigenvalue weighted by Gasteiger charge is -2.34. The molecule has 3 aromatic rings. The molecule has 0 saturated heterocycles. The number of amides is 1. The fourth-order valence-electron chi connectivity index (χ4n) is 3.67. The Morgan fingerprint density at radius 1 is 1.21 bits per heavy atom. The third kappa shape index (κ3) is 3.30. The van der Waals surface area contributed by atoms with Crippen LogP contribution in [0.1, 0.15) is 29.0 Å². The average Bonchev–Trinajstić information content (AvgIpc) is 2.73. The molecule has 0 saturated carbocycles. The molecule has 0 fully saturated rings. The van der Waals surface area contributed by atoms with Crippen molar-refractivity contribution >= 4 is 16.7 Å². The van der Waals surface area contributed by atoms with Gasteiger partial charge in [-0.2, -0.15) is 0 Å². The van der Waals surface area contributed by atoms with Crippen molar-refractivity contribution in [2.45, 2.75) is 18.8 Å². The first kappa shape index (κ1) is 19.2. The van der Waals surface area contributed by atoms with Gasteiger partial charge in [0.15, 0.2) is 17.7 Å². The maximum absolute atomic E-state index is 13.9. The van der Waals surface area contributed by atoms with Crippen LogP contribution in [-0.2, 0) is 16.1 Å². The summed E-state index contributed by atoms with van der Waals surface area (Å²) in [5, 5.41) is 10.7. The van der Waals surface area contributed by atoms with Crippen molar-refractivity contribution in [2.24, 2.45) is 0 Å². The lowest BCUT2D eigenvalue weighted by Crippen LogP contribution is -2.40. The zero-order chi connectivity index (χ0) is 20.7. The molecule has 2 N–H and O–H groups in total. The number of benzene rings is 2.